The van der Waals surface area contributed by atoms with Crippen molar-refractivity contribution in [2.45, 2.75) is 45.3 Å². The summed E-state index contributed by atoms with van der Waals surface area (Å²) < 4.78 is 0. The van der Waals surface area contributed by atoms with Crippen molar-refractivity contribution in [2.75, 3.05) is 24.5 Å². The molecule has 2 fully saturated rings. The lowest BCUT2D eigenvalue weighted by atomic mass is 9.89. The fourth-order valence-corrected chi connectivity index (χ4v) is 4.51. The predicted molar refractivity (Wildman–Crippen MR) is 117 cm³/mol. The van der Waals surface area contributed by atoms with Gasteiger partial charge in [-0.25, -0.2) is 4.98 Å². The molecule has 2 saturated heterocycles. The first-order chi connectivity index (χ1) is 14.3. The quantitative estimate of drug-likeness (QED) is 0.752. The van der Waals surface area contributed by atoms with E-state index in [1.165, 1.54) is 0 Å². The highest BCUT2D eigenvalue weighted by Gasteiger charge is 2.56. The van der Waals surface area contributed by atoms with Crippen LogP contribution in [0.2, 0.25) is 5.02 Å². The number of aryl methyl sites for hydroxylation is 1. The Labute approximate surface area is 182 Å². The van der Waals surface area contributed by atoms with Gasteiger partial charge in [0.25, 0.3) is 5.91 Å². The van der Waals surface area contributed by atoms with Crippen LogP contribution in [0.1, 0.15) is 31.4 Å². The topological polar surface area (TPSA) is 56.8 Å². The molecule has 1 aromatic heterocycles. The average Bonchev–Trinajstić information content (AvgIpc) is 3.16. The molecule has 2 aliphatic rings. The molecule has 158 valence electrons. The van der Waals surface area contributed by atoms with Crippen LogP contribution in [0.15, 0.2) is 42.6 Å². The third kappa shape index (κ3) is 3.65. The van der Waals surface area contributed by atoms with E-state index < -0.39 is 5.54 Å². The van der Waals surface area contributed by atoms with Gasteiger partial charge >= 0.3 is 0 Å². The second-order valence-corrected chi connectivity index (χ2v) is 8.97. The number of pyridine rings is 1. The van der Waals surface area contributed by atoms with Gasteiger partial charge in [0, 0.05) is 30.4 Å². The average molecular weight is 427 g/mol. The lowest BCUT2D eigenvalue weighted by molar-refractivity contribution is -0.166. The van der Waals surface area contributed by atoms with Crippen LogP contribution in [-0.2, 0) is 16.1 Å². The van der Waals surface area contributed by atoms with E-state index in [-0.39, 0.29) is 24.4 Å². The highest BCUT2D eigenvalue weighted by molar-refractivity contribution is 6.30. The number of carbonyl (C=O) groups is 2. The Bertz CT molecular complexity index is 945. The molecule has 0 N–H and O–H groups in total. The molecule has 0 unspecified atom stereocenters. The van der Waals surface area contributed by atoms with Gasteiger partial charge in [0.2, 0.25) is 5.91 Å². The number of hydrogen-bond donors (Lipinski definition) is 0. The second-order valence-electron chi connectivity index (χ2n) is 8.53. The third-order valence-corrected chi connectivity index (χ3v) is 6.38. The Kier molecular flexibility index (Phi) is 5.45. The number of aromatic nitrogens is 1. The van der Waals surface area contributed by atoms with Crippen LogP contribution in [0.25, 0.3) is 0 Å². The third-order valence-electron chi connectivity index (χ3n) is 6.13. The highest BCUT2D eigenvalue weighted by atomic mass is 35.5. The summed E-state index contributed by atoms with van der Waals surface area (Å²) in [7, 11) is 0. The van der Waals surface area contributed by atoms with Crippen molar-refractivity contribution in [3.63, 3.8) is 0 Å². The van der Waals surface area contributed by atoms with E-state index in [1.807, 2.05) is 63.4 Å². The summed E-state index contributed by atoms with van der Waals surface area (Å²) in [6.45, 7) is 7.56. The number of amides is 2. The lowest BCUT2D eigenvalue weighted by Gasteiger charge is -2.48. The van der Waals surface area contributed by atoms with Crippen LogP contribution >= 0.6 is 11.6 Å². The first-order valence-corrected chi connectivity index (χ1v) is 10.7. The van der Waals surface area contributed by atoms with Crippen LogP contribution in [0.5, 0.6) is 0 Å². The summed E-state index contributed by atoms with van der Waals surface area (Å²) in [5.41, 5.74) is 1.17. The van der Waals surface area contributed by atoms with Crippen molar-refractivity contribution in [3.8, 4) is 0 Å². The Hall–Kier alpha value is -2.60. The number of rotatable bonds is 4. The Morgan fingerprint density at radius 1 is 1.13 bits per heavy atom. The van der Waals surface area contributed by atoms with Crippen LogP contribution in [-0.4, -0.2) is 57.8 Å². The fraction of sp³-hybridized carbons (Fsp3) is 0.435. The number of piperazine rings is 1. The van der Waals surface area contributed by atoms with Gasteiger partial charge in [-0.2, -0.15) is 0 Å². The van der Waals surface area contributed by atoms with E-state index in [0.29, 0.717) is 31.1 Å². The number of hydrogen-bond acceptors (Lipinski definition) is 4. The van der Waals surface area contributed by atoms with Crippen LogP contribution in [0.3, 0.4) is 0 Å². The molecule has 1 aromatic carbocycles. The molecule has 2 amide bonds. The SMILES string of the molecule is Cc1ccc(N2CC[C@@]3(C2)C(=O)N(C(C)C)CC(=O)N3Cc2ccc(Cl)cc2)nc1. The summed E-state index contributed by atoms with van der Waals surface area (Å²) >= 11 is 6.02. The number of carbonyl (C=O) groups excluding carboxylic acids is 2. The minimum atomic E-state index is -0.883. The molecule has 0 saturated carbocycles. The molecule has 0 bridgehead atoms. The number of anilines is 1. The zero-order valence-electron chi connectivity index (χ0n) is 17.6. The van der Waals surface area contributed by atoms with Crippen molar-refractivity contribution < 1.29 is 9.59 Å². The van der Waals surface area contributed by atoms with Gasteiger partial charge in [0.05, 0.1) is 6.54 Å². The van der Waals surface area contributed by atoms with Gasteiger partial charge in [0.1, 0.15) is 17.9 Å². The van der Waals surface area contributed by atoms with Crippen LogP contribution < -0.4 is 4.90 Å². The first kappa shape index (κ1) is 20.7. The maximum atomic E-state index is 13.7. The fourth-order valence-electron chi connectivity index (χ4n) is 4.38. The van der Waals surface area contributed by atoms with Crippen molar-refractivity contribution in [1.82, 2.24) is 14.8 Å². The summed E-state index contributed by atoms with van der Waals surface area (Å²) in [6, 6.07) is 11.4. The van der Waals surface area contributed by atoms with Crippen molar-refractivity contribution in [1.29, 1.82) is 0 Å². The minimum Gasteiger partial charge on any atom is -0.354 e. The van der Waals surface area contributed by atoms with Gasteiger partial charge in [0.15, 0.2) is 0 Å². The van der Waals surface area contributed by atoms with Gasteiger partial charge in [-0.1, -0.05) is 29.8 Å². The number of halogens is 1. The zero-order valence-corrected chi connectivity index (χ0v) is 18.4. The molecular weight excluding hydrogens is 400 g/mol. The highest BCUT2D eigenvalue weighted by Crippen LogP contribution is 2.37. The smallest absolute Gasteiger partial charge is 0.251 e. The molecule has 30 heavy (non-hydrogen) atoms. The molecule has 1 atom stereocenters. The maximum Gasteiger partial charge on any atom is 0.251 e. The molecular formula is C23H27ClN4O2. The van der Waals surface area contributed by atoms with E-state index in [0.717, 1.165) is 16.9 Å². The largest absolute Gasteiger partial charge is 0.354 e. The zero-order chi connectivity index (χ0) is 21.5. The molecule has 6 nitrogen and oxygen atoms in total. The monoisotopic (exact) mass is 426 g/mol. The molecule has 3 heterocycles. The number of nitrogens with zero attached hydrogens (tertiary/aromatic N) is 4. The first-order valence-electron chi connectivity index (χ1n) is 10.3. The number of benzene rings is 1. The molecule has 4 rings (SSSR count). The summed E-state index contributed by atoms with van der Waals surface area (Å²) in [4.78, 5) is 37.1. The van der Waals surface area contributed by atoms with Gasteiger partial charge < -0.3 is 14.7 Å². The Morgan fingerprint density at radius 3 is 2.50 bits per heavy atom. The van der Waals surface area contributed by atoms with Crippen LogP contribution in [0, 0.1) is 6.92 Å². The van der Waals surface area contributed by atoms with Crippen molar-refractivity contribution in [3.05, 3.63) is 58.7 Å². The van der Waals surface area contributed by atoms with Crippen molar-refractivity contribution >= 4 is 29.2 Å². The normalized spacial score (nSPS) is 22.0. The van der Waals surface area contributed by atoms with E-state index in [1.54, 1.807) is 9.80 Å². The Balaban J connectivity index is 1.68. The summed E-state index contributed by atoms with van der Waals surface area (Å²) in [5, 5.41) is 0.651. The standard InChI is InChI=1S/C23H27ClN4O2/c1-16(2)27-14-21(29)28(13-18-5-7-19(24)8-6-18)23(22(27)30)10-11-26(15-23)20-9-4-17(3)12-25-20/h4-9,12,16H,10-11,13-15H2,1-3H3/t23-/m1/s1. The molecule has 2 aromatic rings. The minimum absolute atomic E-state index is 0.0167. The van der Waals surface area contributed by atoms with E-state index in [4.69, 9.17) is 11.6 Å². The summed E-state index contributed by atoms with van der Waals surface area (Å²) in [5.74, 6) is 0.850. The molecule has 1 spiro atoms. The second kappa shape index (κ2) is 7.91. The van der Waals surface area contributed by atoms with Gasteiger partial charge in [-0.3, -0.25) is 9.59 Å². The van der Waals surface area contributed by atoms with Gasteiger partial charge in [-0.05, 0) is 56.5 Å². The van der Waals surface area contributed by atoms with E-state index in [2.05, 4.69) is 9.88 Å². The molecule has 7 heteroatoms. The van der Waals surface area contributed by atoms with E-state index in [9.17, 15) is 9.59 Å². The van der Waals surface area contributed by atoms with Crippen molar-refractivity contribution in [2.24, 2.45) is 0 Å². The molecule has 2 aliphatic heterocycles. The maximum absolute atomic E-state index is 13.7. The summed E-state index contributed by atoms with van der Waals surface area (Å²) in [6.07, 6.45) is 2.42. The Morgan fingerprint density at radius 2 is 1.87 bits per heavy atom. The van der Waals surface area contributed by atoms with E-state index >= 15 is 0 Å². The van der Waals surface area contributed by atoms with Gasteiger partial charge in [-0.15, -0.1) is 0 Å². The van der Waals surface area contributed by atoms with Crippen LogP contribution in [0.4, 0.5) is 5.82 Å². The molecule has 0 aliphatic carbocycles. The lowest BCUT2D eigenvalue weighted by Crippen LogP contribution is -2.69. The predicted octanol–water partition coefficient (Wildman–Crippen LogP) is 3.27. The molecule has 0 radical (unpaired) electrons.